The summed E-state index contributed by atoms with van der Waals surface area (Å²) in [6.07, 6.45) is 1.06. The molecule has 0 spiro atoms. The number of hydrogen-bond acceptors (Lipinski definition) is 4. The van der Waals surface area contributed by atoms with Gasteiger partial charge in [0.15, 0.2) is 0 Å². The van der Waals surface area contributed by atoms with Crippen molar-refractivity contribution < 1.29 is 4.74 Å². The number of rotatable bonds is 5. The highest BCUT2D eigenvalue weighted by molar-refractivity contribution is 6.30. The van der Waals surface area contributed by atoms with Crippen molar-refractivity contribution in [3.8, 4) is 11.8 Å². The predicted octanol–water partition coefficient (Wildman–Crippen LogP) is 3.59. The highest BCUT2D eigenvalue weighted by Crippen LogP contribution is 2.33. The molecular weight excluding hydrogens is 322 g/mol. The predicted molar refractivity (Wildman–Crippen MR) is 96.6 cm³/mol. The van der Waals surface area contributed by atoms with Gasteiger partial charge in [-0.2, -0.15) is 5.26 Å². The first-order valence-corrected chi connectivity index (χ1v) is 8.38. The van der Waals surface area contributed by atoms with Crippen molar-refractivity contribution in [2.75, 3.05) is 25.1 Å². The van der Waals surface area contributed by atoms with Crippen molar-refractivity contribution in [2.24, 2.45) is 0 Å². The molecule has 0 radical (unpaired) electrons. The highest BCUT2D eigenvalue weighted by atomic mass is 35.5. The van der Waals surface area contributed by atoms with Gasteiger partial charge in [-0.3, -0.25) is 0 Å². The second-order valence-electron chi connectivity index (χ2n) is 5.94. The van der Waals surface area contributed by atoms with Gasteiger partial charge in [0, 0.05) is 30.7 Å². The maximum absolute atomic E-state index is 8.97. The first-order chi connectivity index (χ1) is 11.7. The van der Waals surface area contributed by atoms with Crippen LogP contribution in [-0.2, 0) is 6.54 Å². The summed E-state index contributed by atoms with van der Waals surface area (Å²) < 4.78 is 5.45. The summed E-state index contributed by atoms with van der Waals surface area (Å²) in [6.45, 7) is 2.64. The second-order valence-corrected chi connectivity index (χ2v) is 6.38. The topological polar surface area (TPSA) is 48.3 Å². The van der Waals surface area contributed by atoms with Crippen LogP contribution in [0.5, 0.6) is 5.75 Å². The summed E-state index contributed by atoms with van der Waals surface area (Å²) in [6, 6.07) is 16.0. The third-order valence-corrected chi connectivity index (χ3v) is 4.56. The lowest BCUT2D eigenvalue weighted by Gasteiger charge is -2.22. The van der Waals surface area contributed by atoms with Gasteiger partial charge in [-0.15, -0.1) is 0 Å². The number of halogens is 1. The molecule has 124 valence electrons. The zero-order valence-electron chi connectivity index (χ0n) is 13.6. The van der Waals surface area contributed by atoms with E-state index >= 15 is 0 Å². The van der Waals surface area contributed by atoms with Crippen LogP contribution >= 0.6 is 11.6 Å². The third kappa shape index (κ3) is 3.81. The minimum atomic E-state index is 0.402. The Bertz CT molecular complexity index is 757. The van der Waals surface area contributed by atoms with Gasteiger partial charge in [0.2, 0.25) is 0 Å². The van der Waals surface area contributed by atoms with Gasteiger partial charge in [0.05, 0.1) is 24.4 Å². The smallest absolute Gasteiger partial charge is 0.142 e. The molecule has 1 heterocycles. The Hall–Kier alpha value is -2.22. The molecule has 0 bridgehead atoms. The Morgan fingerprint density at radius 3 is 3.00 bits per heavy atom. The van der Waals surface area contributed by atoms with Crippen LogP contribution in [0.3, 0.4) is 0 Å². The monoisotopic (exact) mass is 341 g/mol. The zero-order valence-corrected chi connectivity index (χ0v) is 14.4. The van der Waals surface area contributed by atoms with Crippen molar-refractivity contribution in [1.29, 1.82) is 5.26 Å². The van der Waals surface area contributed by atoms with Crippen molar-refractivity contribution in [3.05, 3.63) is 58.6 Å². The molecule has 1 aliphatic rings. The fraction of sp³-hybridized carbons (Fsp3) is 0.316. The van der Waals surface area contributed by atoms with Gasteiger partial charge in [-0.25, -0.2) is 0 Å². The highest BCUT2D eigenvalue weighted by Gasteiger charge is 2.24. The lowest BCUT2D eigenvalue weighted by Crippen LogP contribution is -2.32. The zero-order chi connectivity index (χ0) is 16.9. The van der Waals surface area contributed by atoms with Crippen molar-refractivity contribution in [2.45, 2.75) is 19.0 Å². The van der Waals surface area contributed by atoms with Gasteiger partial charge in [0.25, 0.3) is 0 Å². The number of nitrogens with one attached hydrogen (secondary N) is 1. The SMILES string of the molecule is COc1ccc(Cl)cc1N1CCC(NCc2cccc(C#N)c2)C1. The van der Waals surface area contributed by atoms with Crippen molar-refractivity contribution >= 4 is 17.3 Å². The molecule has 4 nitrogen and oxygen atoms in total. The Balaban J connectivity index is 1.61. The van der Waals surface area contributed by atoms with Crippen LogP contribution in [0.1, 0.15) is 17.5 Å². The molecule has 0 amide bonds. The number of hydrogen-bond donors (Lipinski definition) is 1. The van der Waals surface area contributed by atoms with Crippen LogP contribution in [0.2, 0.25) is 5.02 Å². The lowest BCUT2D eigenvalue weighted by molar-refractivity contribution is 0.414. The van der Waals surface area contributed by atoms with Gasteiger partial charge in [-0.05, 0) is 42.3 Å². The van der Waals surface area contributed by atoms with E-state index in [2.05, 4.69) is 16.3 Å². The summed E-state index contributed by atoms with van der Waals surface area (Å²) in [5.41, 5.74) is 2.87. The first-order valence-electron chi connectivity index (χ1n) is 8.00. The maximum atomic E-state index is 8.97. The minimum Gasteiger partial charge on any atom is -0.495 e. The van der Waals surface area contributed by atoms with Crippen LogP contribution < -0.4 is 15.0 Å². The van der Waals surface area contributed by atoms with E-state index in [4.69, 9.17) is 21.6 Å². The first kappa shape index (κ1) is 16.6. The molecule has 1 unspecified atom stereocenters. The van der Waals surface area contributed by atoms with Gasteiger partial charge >= 0.3 is 0 Å². The quantitative estimate of drug-likeness (QED) is 0.903. The Labute approximate surface area is 147 Å². The Morgan fingerprint density at radius 1 is 1.33 bits per heavy atom. The molecule has 1 saturated heterocycles. The average molecular weight is 342 g/mol. The number of anilines is 1. The molecule has 0 aliphatic carbocycles. The molecule has 1 aliphatic heterocycles. The summed E-state index contributed by atoms with van der Waals surface area (Å²) in [4.78, 5) is 2.30. The van der Waals surface area contributed by atoms with Crippen molar-refractivity contribution in [1.82, 2.24) is 5.32 Å². The molecule has 24 heavy (non-hydrogen) atoms. The van der Waals surface area contributed by atoms with E-state index in [9.17, 15) is 0 Å². The lowest BCUT2D eigenvalue weighted by atomic mass is 10.1. The van der Waals surface area contributed by atoms with Gasteiger partial charge in [0.1, 0.15) is 5.75 Å². The fourth-order valence-corrected chi connectivity index (χ4v) is 3.24. The standard InChI is InChI=1S/C19H20ClN3O/c1-24-19-6-5-16(20)10-18(19)23-8-7-17(13-23)22-12-15-4-2-3-14(9-15)11-21/h2-6,9-10,17,22H,7-8,12-13H2,1H3. The van der Waals surface area contributed by atoms with Crippen LogP contribution in [-0.4, -0.2) is 26.2 Å². The molecular formula is C19H20ClN3O. The second kappa shape index (κ2) is 7.57. The molecule has 0 saturated carbocycles. The molecule has 0 aromatic heterocycles. The van der Waals surface area contributed by atoms with Gasteiger partial charge in [-0.1, -0.05) is 23.7 Å². The molecule has 1 atom stereocenters. The van der Waals surface area contributed by atoms with E-state index in [0.29, 0.717) is 11.6 Å². The van der Waals surface area contributed by atoms with E-state index in [1.165, 1.54) is 0 Å². The van der Waals surface area contributed by atoms with Crippen LogP contribution in [0.25, 0.3) is 0 Å². The molecule has 2 aromatic rings. The summed E-state index contributed by atoms with van der Waals surface area (Å²) in [5, 5.41) is 13.3. The maximum Gasteiger partial charge on any atom is 0.142 e. The van der Waals surface area contributed by atoms with E-state index in [-0.39, 0.29) is 0 Å². The summed E-state index contributed by atoms with van der Waals surface area (Å²) in [5.74, 6) is 0.849. The van der Waals surface area contributed by atoms with E-state index in [1.807, 2.05) is 42.5 Å². The van der Waals surface area contributed by atoms with Crippen LogP contribution in [0.15, 0.2) is 42.5 Å². The number of nitriles is 1. The average Bonchev–Trinajstić information content (AvgIpc) is 3.09. The van der Waals surface area contributed by atoms with Gasteiger partial charge < -0.3 is 15.0 Å². The molecule has 1 N–H and O–H groups in total. The summed E-state index contributed by atoms with van der Waals surface area (Å²) in [7, 11) is 1.68. The normalized spacial score (nSPS) is 16.9. The molecule has 3 rings (SSSR count). The molecule has 5 heteroatoms. The number of nitrogens with zero attached hydrogens (tertiary/aromatic N) is 2. The largest absolute Gasteiger partial charge is 0.495 e. The van der Waals surface area contributed by atoms with E-state index < -0.39 is 0 Å². The van der Waals surface area contributed by atoms with Crippen LogP contribution in [0, 0.1) is 11.3 Å². The van der Waals surface area contributed by atoms with E-state index in [1.54, 1.807) is 7.11 Å². The molecule has 2 aromatic carbocycles. The fourth-order valence-electron chi connectivity index (χ4n) is 3.07. The number of methoxy groups -OCH3 is 1. The van der Waals surface area contributed by atoms with Crippen molar-refractivity contribution in [3.63, 3.8) is 0 Å². The van der Waals surface area contributed by atoms with Crippen LogP contribution in [0.4, 0.5) is 5.69 Å². The molecule has 1 fully saturated rings. The number of ether oxygens (including phenoxy) is 1. The summed E-state index contributed by atoms with van der Waals surface area (Å²) >= 11 is 6.13. The minimum absolute atomic E-state index is 0.402. The van der Waals surface area contributed by atoms with E-state index in [0.717, 1.165) is 48.1 Å². The third-order valence-electron chi connectivity index (χ3n) is 4.32. The Kier molecular flexibility index (Phi) is 5.24. The Morgan fingerprint density at radius 2 is 2.21 bits per heavy atom. The number of benzene rings is 2.